The number of amides is 1. The van der Waals surface area contributed by atoms with Crippen LogP contribution in [0.2, 0.25) is 0 Å². The molecule has 1 atom stereocenters. The molecule has 7 nitrogen and oxygen atoms in total. The Bertz CT molecular complexity index is 241. The fraction of sp³-hybridized carbons (Fsp3) is 0.500. The lowest BCUT2D eigenvalue weighted by molar-refractivity contribution is -0.144. The first kappa shape index (κ1) is 13.6. The van der Waals surface area contributed by atoms with E-state index in [1.165, 1.54) is 0 Å². The van der Waals surface area contributed by atoms with E-state index in [4.69, 9.17) is 15.9 Å². The summed E-state index contributed by atoms with van der Waals surface area (Å²) >= 11 is 0. The van der Waals surface area contributed by atoms with E-state index in [2.05, 4.69) is 10.1 Å². The van der Waals surface area contributed by atoms with Crippen molar-refractivity contribution in [2.24, 2.45) is 5.73 Å². The minimum Gasteiger partial charge on any atom is -0.441 e. The molecule has 0 aliphatic heterocycles. The number of esters is 1. The summed E-state index contributed by atoms with van der Waals surface area (Å²) in [5.74, 6) is -1.35. The fourth-order valence-electron chi connectivity index (χ4n) is 0.608. The zero-order chi connectivity index (χ0) is 11.7. The van der Waals surface area contributed by atoms with Gasteiger partial charge < -0.3 is 20.3 Å². The van der Waals surface area contributed by atoms with Gasteiger partial charge in [0.15, 0.2) is 6.23 Å². The Labute approximate surface area is 86.5 Å². The Kier molecular flexibility index (Phi) is 7.16. The SMILES string of the molecule is NC(CO)OC(=O)/C=C/C(=O)NCCO. The molecule has 0 heterocycles. The van der Waals surface area contributed by atoms with E-state index in [0.29, 0.717) is 0 Å². The number of aliphatic hydroxyl groups excluding tert-OH is 2. The van der Waals surface area contributed by atoms with Gasteiger partial charge in [0.05, 0.1) is 13.2 Å². The maximum Gasteiger partial charge on any atom is 0.332 e. The summed E-state index contributed by atoms with van der Waals surface area (Å²) in [6, 6.07) is 0. The van der Waals surface area contributed by atoms with Gasteiger partial charge in [0, 0.05) is 18.7 Å². The highest BCUT2D eigenvalue weighted by atomic mass is 16.6. The molecule has 0 rings (SSSR count). The smallest absolute Gasteiger partial charge is 0.332 e. The van der Waals surface area contributed by atoms with Gasteiger partial charge in [-0.3, -0.25) is 10.5 Å². The van der Waals surface area contributed by atoms with Crippen molar-refractivity contribution in [3.8, 4) is 0 Å². The second kappa shape index (κ2) is 7.92. The van der Waals surface area contributed by atoms with Crippen LogP contribution in [0, 0.1) is 0 Å². The Balaban J connectivity index is 3.84. The number of carbonyl (C=O) groups is 2. The number of aliphatic hydroxyl groups is 2. The van der Waals surface area contributed by atoms with Crippen LogP contribution in [0.25, 0.3) is 0 Å². The first-order valence-electron chi connectivity index (χ1n) is 4.24. The molecule has 0 fully saturated rings. The summed E-state index contributed by atoms with van der Waals surface area (Å²) in [6.07, 6.45) is 0.729. The van der Waals surface area contributed by atoms with Crippen molar-refractivity contribution in [1.29, 1.82) is 0 Å². The topological polar surface area (TPSA) is 122 Å². The lowest BCUT2D eigenvalue weighted by Crippen LogP contribution is -2.30. The number of hydrogen-bond acceptors (Lipinski definition) is 6. The average molecular weight is 218 g/mol. The van der Waals surface area contributed by atoms with Crippen LogP contribution >= 0.6 is 0 Å². The quantitative estimate of drug-likeness (QED) is 0.221. The molecule has 0 aliphatic rings. The Hall–Kier alpha value is -1.44. The Morgan fingerprint density at radius 1 is 1.40 bits per heavy atom. The van der Waals surface area contributed by atoms with Gasteiger partial charge in [0.1, 0.15) is 0 Å². The lowest BCUT2D eigenvalue weighted by Gasteiger charge is -2.06. The van der Waals surface area contributed by atoms with Crippen molar-refractivity contribution < 1.29 is 24.5 Å². The van der Waals surface area contributed by atoms with Crippen LogP contribution in [-0.4, -0.2) is 48.1 Å². The first-order chi connectivity index (χ1) is 7.10. The van der Waals surface area contributed by atoms with Crippen LogP contribution in [0.4, 0.5) is 0 Å². The molecule has 0 aliphatic carbocycles. The average Bonchev–Trinajstić information content (AvgIpc) is 2.23. The molecule has 0 spiro atoms. The second-order valence-electron chi connectivity index (χ2n) is 2.51. The highest BCUT2D eigenvalue weighted by Gasteiger charge is 2.05. The van der Waals surface area contributed by atoms with Crippen LogP contribution < -0.4 is 11.1 Å². The molecule has 5 N–H and O–H groups in total. The van der Waals surface area contributed by atoms with Crippen molar-refractivity contribution >= 4 is 11.9 Å². The highest BCUT2D eigenvalue weighted by Crippen LogP contribution is 1.86. The Morgan fingerprint density at radius 2 is 2.07 bits per heavy atom. The van der Waals surface area contributed by atoms with E-state index in [-0.39, 0.29) is 13.2 Å². The van der Waals surface area contributed by atoms with Crippen LogP contribution in [0.1, 0.15) is 0 Å². The molecule has 86 valence electrons. The third-order valence-electron chi connectivity index (χ3n) is 1.23. The molecule has 0 aromatic rings. The molecular formula is C8H14N2O5. The van der Waals surface area contributed by atoms with Gasteiger partial charge in [-0.25, -0.2) is 4.79 Å². The molecular weight excluding hydrogens is 204 g/mol. The van der Waals surface area contributed by atoms with Gasteiger partial charge in [-0.05, 0) is 0 Å². The zero-order valence-corrected chi connectivity index (χ0v) is 8.05. The van der Waals surface area contributed by atoms with E-state index in [1.807, 2.05) is 0 Å². The highest BCUT2D eigenvalue weighted by molar-refractivity contribution is 5.94. The minimum atomic E-state index is -1.09. The van der Waals surface area contributed by atoms with E-state index in [1.54, 1.807) is 0 Å². The van der Waals surface area contributed by atoms with E-state index in [9.17, 15) is 9.59 Å². The molecule has 0 aromatic carbocycles. The predicted octanol–water partition coefficient (Wildman–Crippen LogP) is -2.53. The first-order valence-corrected chi connectivity index (χ1v) is 4.24. The monoisotopic (exact) mass is 218 g/mol. The number of nitrogens with two attached hydrogens (primary N) is 1. The lowest BCUT2D eigenvalue weighted by atomic mass is 10.4. The van der Waals surface area contributed by atoms with E-state index in [0.717, 1.165) is 12.2 Å². The standard InChI is InChI=1S/C8H14N2O5/c9-6(5-12)15-8(14)2-1-7(13)10-3-4-11/h1-2,6,11-12H,3-5,9H2,(H,10,13)/b2-1+. The molecule has 0 saturated heterocycles. The summed E-state index contributed by atoms with van der Waals surface area (Å²) in [5.41, 5.74) is 5.10. The third-order valence-corrected chi connectivity index (χ3v) is 1.23. The summed E-state index contributed by atoms with van der Waals surface area (Å²) in [7, 11) is 0. The van der Waals surface area contributed by atoms with Gasteiger partial charge in [0.25, 0.3) is 0 Å². The van der Waals surface area contributed by atoms with Crippen LogP contribution in [0.3, 0.4) is 0 Å². The Morgan fingerprint density at radius 3 is 2.60 bits per heavy atom. The van der Waals surface area contributed by atoms with Crippen molar-refractivity contribution in [1.82, 2.24) is 5.32 Å². The number of carbonyl (C=O) groups excluding carboxylic acids is 2. The molecule has 1 amide bonds. The molecule has 7 heteroatoms. The van der Waals surface area contributed by atoms with Crippen molar-refractivity contribution in [2.45, 2.75) is 6.23 Å². The number of ether oxygens (including phenoxy) is 1. The van der Waals surface area contributed by atoms with Gasteiger partial charge in [-0.2, -0.15) is 0 Å². The van der Waals surface area contributed by atoms with Gasteiger partial charge >= 0.3 is 5.97 Å². The maximum atomic E-state index is 10.9. The molecule has 0 aromatic heterocycles. The largest absolute Gasteiger partial charge is 0.441 e. The maximum absolute atomic E-state index is 10.9. The van der Waals surface area contributed by atoms with Gasteiger partial charge in [-0.15, -0.1) is 0 Å². The summed E-state index contributed by atoms with van der Waals surface area (Å²) in [5, 5.41) is 19.1. The van der Waals surface area contributed by atoms with E-state index >= 15 is 0 Å². The zero-order valence-electron chi connectivity index (χ0n) is 8.05. The predicted molar refractivity (Wildman–Crippen MR) is 50.4 cm³/mol. The fourth-order valence-corrected chi connectivity index (χ4v) is 0.608. The second-order valence-corrected chi connectivity index (χ2v) is 2.51. The van der Waals surface area contributed by atoms with Crippen LogP contribution in [0.5, 0.6) is 0 Å². The van der Waals surface area contributed by atoms with Gasteiger partial charge in [-0.1, -0.05) is 0 Å². The molecule has 0 radical (unpaired) electrons. The van der Waals surface area contributed by atoms with E-state index < -0.39 is 24.7 Å². The van der Waals surface area contributed by atoms with Crippen LogP contribution in [0.15, 0.2) is 12.2 Å². The van der Waals surface area contributed by atoms with Gasteiger partial charge in [0.2, 0.25) is 5.91 Å². The van der Waals surface area contributed by atoms with Crippen molar-refractivity contribution in [2.75, 3.05) is 19.8 Å². The van der Waals surface area contributed by atoms with Crippen molar-refractivity contribution in [3.63, 3.8) is 0 Å². The number of rotatable bonds is 6. The normalized spacial score (nSPS) is 12.5. The van der Waals surface area contributed by atoms with Crippen molar-refractivity contribution in [3.05, 3.63) is 12.2 Å². The molecule has 0 saturated carbocycles. The molecule has 15 heavy (non-hydrogen) atoms. The number of hydrogen-bond donors (Lipinski definition) is 4. The molecule has 0 bridgehead atoms. The molecule has 1 unspecified atom stereocenters. The number of nitrogens with one attached hydrogen (secondary N) is 1. The third kappa shape index (κ3) is 7.62. The summed E-state index contributed by atoms with van der Waals surface area (Å²) < 4.78 is 4.43. The minimum absolute atomic E-state index is 0.106. The summed E-state index contributed by atoms with van der Waals surface area (Å²) in [6.45, 7) is -0.565. The summed E-state index contributed by atoms with van der Waals surface area (Å²) in [4.78, 5) is 21.7. The van der Waals surface area contributed by atoms with Crippen LogP contribution in [-0.2, 0) is 14.3 Å².